The monoisotopic (exact) mass is 238 g/mol. The van der Waals surface area contributed by atoms with E-state index in [1.165, 1.54) is 12.1 Å². The Morgan fingerprint density at radius 3 is 2.53 bits per heavy atom. The van der Waals surface area contributed by atoms with E-state index < -0.39 is 4.92 Å². The van der Waals surface area contributed by atoms with Crippen molar-refractivity contribution in [3.05, 3.63) is 22.2 Å². The second-order valence-corrected chi connectivity index (χ2v) is 5.09. The van der Waals surface area contributed by atoms with Gasteiger partial charge in [0.05, 0.1) is 4.92 Å². The summed E-state index contributed by atoms with van der Waals surface area (Å²) in [5.74, 6) is 0.483. The average molecular weight is 238 g/mol. The Morgan fingerprint density at radius 1 is 1.47 bits per heavy atom. The first-order valence-electron chi connectivity index (χ1n) is 5.39. The summed E-state index contributed by atoms with van der Waals surface area (Å²) >= 11 is 0. The number of nitrogens with one attached hydrogen (secondary N) is 1. The van der Waals surface area contributed by atoms with Crippen LogP contribution in [-0.4, -0.2) is 15.9 Å². The van der Waals surface area contributed by atoms with E-state index in [4.69, 9.17) is 5.73 Å². The van der Waals surface area contributed by atoms with Crippen molar-refractivity contribution in [2.75, 3.05) is 11.1 Å². The molecule has 0 spiro atoms. The van der Waals surface area contributed by atoms with E-state index >= 15 is 0 Å². The molecule has 0 aromatic carbocycles. The van der Waals surface area contributed by atoms with Crippen molar-refractivity contribution in [2.45, 2.75) is 33.7 Å². The van der Waals surface area contributed by atoms with Gasteiger partial charge in [0.25, 0.3) is 0 Å². The summed E-state index contributed by atoms with van der Waals surface area (Å²) in [6.07, 6.45) is 0. The normalized spacial score (nSPS) is 13.2. The van der Waals surface area contributed by atoms with Crippen LogP contribution in [0.5, 0.6) is 0 Å². The molecule has 6 heteroatoms. The van der Waals surface area contributed by atoms with Gasteiger partial charge in [-0.25, -0.2) is 4.98 Å². The van der Waals surface area contributed by atoms with E-state index in [-0.39, 0.29) is 28.8 Å². The van der Waals surface area contributed by atoms with Gasteiger partial charge in [0.15, 0.2) is 0 Å². The number of nitrogens with two attached hydrogens (primary N) is 1. The average Bonchev–Trinajstić information content (AvgIpc) is 2.15. The number of hydrogen-bond acceptors (Lipinski definition) is 5. The molecule has 0 aliphatic heterocycles. The van der Waals surface area contributed by atoms with Gasteiger partial charge >= 0.3 is 5.69 Å². The smallest absolute Gasteiger partial charge is 0.311 e. The molecule has 0 bridgehead atoms. The number of nitrogen functional groups attached to an aromatic ring is 1. The highest BCUT2D eigenvalue weighted by molar-refractivity contribution is 5.59. The number of pyridine rings is 1. The lowest BCUT2D eigenvalue weighted by Crippen LogP contribution is -2.31. The lowest BCUT2D eigenvalue weighted by molar-refractivity contribution is -0.384. The minimum atomic E-state index is -0.468. The number of anilines is 2. The Labute approximate surface area is 100 Å². The van der Waals surface area contributed by atoms with Crippen LogP contribution >= 0.6 is 0 Å². The third-order valence-corrected chi connectivity index (χ3v) is 2.74. The fraction of sp³-hybridized carbons (Fsp3) is 0.545. The maximum absolute atomic E-state index is 10.8. The minimum Gasteiger partial charge on any atom is -0.384 e. The molecule has 0 amide bonds. The highest BCUT2D eigenvalue weighted by Crippen LogP contribution is 2.28. The van der Waals surface area contributed by atoms with Gasteiger partial charge in [-0.2, -0.15) is 0 Å². The number of hydrogen-bond donors (Lipinski definition) is 2. The van der Waals surface area contributed by atoms with Crippen molar-refractivity contribution >= 4 is 17.3 Å². The zero-order valence-corrected chi connectivity index (χ0v) is 10.5. The third kappa shape index (κ3) is 3.30. The summed E-state index contributed by atoms with van der Waals surface area (Å²) in [6, 6.07) is 2.82. The van der Waals surface area contributed by atoms with E-state index in [0.717, 1.165) is 0 Å². The van der Waals surface area contributed by atoms with E-state index in [1.54, 1.807) is 0 Å². The van der Waals surface area contributed by atoms with Gasteiger partial charge in [0, 0.05) is 12.1 Å². The maximum atomic E-state index is 10.8. The largest absolute Gasteiger partial charge is 0.384 e. The van der Waals surface area contributed by atoms with Crippen molar-refractivity contribution in [3.63, 3.8) is 0 Å². The standard InChI is InChI=1S/C11H18N4O2/c1-7(11(2,3)4)13-10-8(15(16)17)5-6-9(12)14-10/h5-7H,1-4H3,(H3,12,13,14). The molecule has 6 nitrogen and oxygen atoms in total. The van der Waals surface area contributed by atoms with Crippen LogP contribution in [0.3, 0.4) is 0 Å². The SMILES string of the molecule is CC(Nc1nc(N)ccc1[N+](=O)[O-])C(C)(C)C. The van der Waals surface area contributed by atoms with Crippen molar-refractivity contribution in [1.82, 2.24) is 4.98 Å². The molecule has 1 rings (SSSR count). The van der Waals surface area contributed by atoms with Crippen molar-refractivity contribution in [3.8, 4) is 0 Å². The molecule has 1 unspecified atom stereocenters. The Bertz CT molecular complexity index is 426. The number of rotatable bonds is 3. The van der Waals surface area contributed by atoms with Crippen LogP contribution in [0, 0.1) is 15.5 Å². The molecular formula is C11H18N4O2. The lowest BCUT2D eigenvalue weighted by atomic mass is 9.88. The number of aromatic nitrogens is 1. The van der Waals surface area contributed by atoms with Gasteiger partial charge in [0.1, 0.15) is 5.82 Å². The summed E-state index contributed by atoms with van der Waals surface area (Å²) < 4.78 is 0. The predicted molar refractivity (Wildman–Crippen MR) is 67.8 cm³/mol. The molecule has 0 radical (unpaired) electrons. The van der Waals surface area contributed by atoms with E-state index in [0.29, 0.717) is 0 Å². The molecule has 1 aromatic heterocycles. The van der Waals surface area contributed by atoms with Gasteiger partial charge in [-0.05, 0) is 18.4 Å². The molecule has 17 heavy (non-hydrogen) atoms. The van der Waals surface area contributed by atoms with Crippen LogP contribution in [0.25, 0.3) is 0 Å². The fourth-order valence-electron chi connectivity index (χ4n) is 1.14. The molecule has 94 valence electrons. The van der Waals surface area contributed by atoms with E-state index in [1.807, 2.05) is 27.7 Å². The first-order valence-corrected chi connectivity index (χ1v) is 5.39. The Kier molecular flexibility index (Phi) is 3.55. The van der Waals surface area contributed by atoms with E-state index in [2.05, 4.69) is 10.3 Å². The van der Waals surface area contributed by atoms with Gasteiger partial charge in [-0.3, -0.25) is 10.1 Å². The van der Waals surface area contributed by atoms with Gasteiger partial charge in [-0.1, -0.05) is 20.8 Å². The Hall–Kier alpha value is -1.85. The molecule has 1 heterocycles. The van der Waals surface area contributed by atoms with Crippen molar-refractivity contribution in [1.29, 1.82) is 0 Å². The molecule has 0 saturated heterocycles. The highest BCUT2D eigenvalue weighted by atomic mass is 16.6. The number of nitro groups is 1. The number of nitrogens with zero attached hydrogens (tertiary/aromatic N) is 2. The Balaban J connectivity index is 3.04. The summed E-state index contributed by atoms with van der Waals surface area (Å²) in [5, 5.41) is 13.9. The summed E-state index contributed by atoms with van der Waals surface area (Å²) in [7, 11) is 0. The Morgan fingerprint density at radius 2 is 2.06 bits per heavy atom. The summed E-state index contributed by atoms with van der Waals surface area (Å²) in [4.78, 5) is 14.4. The summed E-state index contributed by atoms with van der Waals surface area (Å²) in [6.45, 7) is 8.09. The molecule has 0 aliphatic rings. The third-order valence-electron chi connectivity index (χ3n) is 2.74. The van der Waals surface area contributed by atoms with Crippen molar-refractivity contribution < 1.29 is 4.92 Å². The second-order valence-electron chi connectivity index (χ2n) is 5.09. The summed E-state index contributed by atoms with van der Waals surface area (Å²) in [5.41, 5.74) is 5.45. The van der Waals surface area contributed by atoms with Crippen LogP contribution in [-0.2, 0) is 0 Å². The van der Waals surface area contributed by atoms with Gasteiger partial charge < -0.3 is 11.1 Å². The van der Waals surface area contributed by atoms with Gasteiger partial charge in [-0.15, -0.1) is 0 Å². The lowest BCUT2D eigenvalue weighted by Gasteiger charge is -2.28. The van der Waals surface area contributed by atoms with Crippen LogP contribution in [0.1, 0.15) is 27.7 Å². The first kappa shape index (κ1) is 13.2. The van der Waals surface area contributed by atoms with Crippen LogP contribution < -0.4 is 11.1 Å². The quantitative estimate of drug-likeness (QED) is 0.623. The van der Waals surface area contributed by atoms with Crippen LogP contribution in [0.4, 0.5) is 17.3 Å². The molecule has 1 aromatic rings. The van der Waals surface area contributed by atoms with Crippen molar-refractivity contribution in [2.24, 2.45) is 5.41 Å². The zero-order chi connectivity index (χ0) is 13.2. The molecule has 1 atom stereocenters. The predicted octanol–water partition coefficient (Wildman–Crippen LogP) is 2.42. The topological polar surface area (TPSA) is 94.1 Å². The molecular weight excluding hydrogens is 220 g/mol. The molecule has 0 saturated carbocycles. The van der Waals surface area contributed by atoms with Crippen LogP contribution in [0.2, 0.25) is 0 Å². The maximum Gasteiger partial charge on any atom is 0.311 e. The van der Waals surface area contributed by atoms with Crippen LogP contribution in [0.15, 0.2) is 12.1 Å². The first-order chi connectivity index (χ1) is 7.71. The van der Waals surface area contributed by atoms with Gasteiger partial charge in [0.2, 0.25) is 5.82 Å². The fourth-order valence-corrected chi connectivity index (χ4v) is 1.14. The zero-order valence-electron chi connectivity index (χ0n) is 10.5. The molecule has 0 aliphatic carbocycles. The molecule has 3 N–H and O–H groups in total. The minimum absolute atomic E-state index is 0.0276. The van der Waals surface area contributed by atoms with E-state index in [9.17, 15) is 10.1 Å². The highest BCUT2D eigenvalue weighted by Gasteiger charge is 2.24. The second kappa shape index (κ2) is 4.57. The molecule has 0 fully saturated rings.